The fourth-order valence-electron chi connectivity index (χ4n) is 3.05. The number of fused-ring (bicyclic) bond motifs is 2. The van der Waals surface area contributed by atoms with Crippen molar-refractivity contribution >= 4 is 21.7 Å². The smallest absolute Gasteiger partial charge is 0.339 e. The van der Waals surface area contributed by atoms with Gasteiger partial charge >= 0.3 is 5.63 Å². The highest BCUT2D eigenvalue weighted by atomic mass is 16.6. The Morgan fingerprint density at radius 3 is 2.68 bits per heavy atom. The molecular weight excluding hydrogens is 288 g/mol. The lowest BCUT2D eigenvalue weighted by Crippen LogP contribution is -2.37. The Balaban J connectivity index is 2.26. The summed E-state index contributed by atoms with van der Waals surface area (Å²) >= 11 is 0. The Morgan fingerprint density at radius 2 is 1.91 bits per heavy atom. The van der Waals surface area contributed by atoms with E-state index < -0.39 is 11.4 Å². The number of aromatic hydroxyl groups is 2. The standard InChI is InChI=1S/C16H12O6/c1-16(20)6-8-2-7-3-9(17)4-10(18)13(7)15-14(8)11(22-16)5-12(19)21-15/h2-5,17-18,20H,6H2,1H3. The van der Waals surface area contributed by atoms with Crippen LogP contribution in [-0.4, -0.2) is 21.1 Å². The molecule has 112 valence electrons. The number of hydrogen-bond acceptors (Lipinski definition) is 6. The molecular formula is C16H12O6. The van der Waals surface area contributed by atoms with Crippen LogP contribution < -0.4 is 10.4 Å². The van der Waals surface area contributed by atoms with Crippen molar-refractivity contribution < 1.29 is 24.5 Å². The average molecular weight is 300 g/mol. The molecule has 1 aromatic heterocycles. The van der Waals surface area contributed by atoms with Crippen LogP contribution in [0, 0.1) is 0 Å². The molecule has 0 fully saturated rings. The van der Waals surface area contributed by atoms with E-state index in [-0.39, 0.29) is 29.3 Å². The van der Waals surface area contributed by atoms with Crippen LogP contribution in [0.3, 0.4) is 0 Å². The van der Waals surface area contributed by atoms with E-state index in [0.717, 1.165) is 0 Å². The number of hydrogen-bond donors (Lipinski definition) is 3. The number of benzene rings is 2. The van der Waals surface area contributed by atoms with E-state index >= 15 is 0 Å². The van der Waals surface area contributed by atoms with Gasteiger partial charge in [0.25, 0.3) is 0 Å². The highest BCUT2D eigenvalue weighted by Crippen LogP contribution is 2.43. The third kappa shape index (κ3) is 1.74. The van der Waals surface area contributed by atoms with Gasteiger partial charge in [-0.25, -0.2) is 4.79 Å². The van der Waals surface area contributed by atoms with Crippen LogP contribution in [0.2, 0.25) is 0 Å². The average Bonchev–Trinajstić information content (AvgIpc) is 2.34. The first-order valence-corrected chi connectivity index (χ1v) is 6.71. The monoisotopic (exact) mass is 300 g/mol. The van der Waals surface area contributed by atoms with E-state index in [1.807, 2.05) is 0 Å². The normalized spacial score (nSPS) is 20.3. The van der Waals surface area contributed by atoms with E-state index in [4.69, 9.17) is 9.15 Å². The zero-order valence-corrected chi connectivity index (χ0v) is 11.6. The molecule has 0 radical (unpaired) electrons. The molecule has 22 heavy (non-hydrogen) atoms. The van der Waals surface area contributed by atoms with Gasteiger partial charge in [-0.3, -0.25) is 0 Å². The lowest BCUT2D eigenvalue weighted by atomic mass is 9.94. The van der Waals surface area contributed by atoms with E-state index in [9.17, 15) is 20.1 Å². The van der Waals surface area contributed by atoms with Crippen molar-refractivity contribution in [1.29, 1.82) is 0 Å². The van der Waals surface area contributed by atoms with Crippen molar-refractivity contribution in [1.82, 2.24) is 0 Å². The predicted octanol–water partition coefficient (Wildman–Crippen LogP) is 2.00. The van der Waals surface area contributed by atoms with E-state index in [0.29, 0.717) is 21.7 Å². The highest BCUT2D eigenvalue weighted by molar-refractivity contribution is 6.11. The molecule has 6 heteroatoms. The molecule has 0 saturated carbocycles. The summed E-state index contributed by atoms with van der Waals surface area (Å²) in [5.74, 6) is -1.53. The molecule has 2 heterocycles. The van der Waals surface area contributed by atoms with Gasteiger partial charge in [-0.05, 0) is 23.1 Å². The van der Waals surface area contributed by atoms with Crippen LogP contribution >= 0.6 is 0 Å². The van der Waals surface area contributed by atoms with Crippen LogP contribution in [0.5, 0.6) is 17.2 Å². The maximum Gasteiger partial charge on any atom is 0.339 e. The molecule has 1 unspecified atom stereocenters. The number of phenolic OH excluding ortho intramolecular Hbond substituents is 2. The van der Waals surface area contributed by atoms with Crippen LogP contribution in [0.25, 0.3) is 21.7 Å². The third-order valence-electron chi connectivity index (χ3n) is 3.78. The van der Waals surface area contributed by atoms with Gasteiger partial charge in [0.05, 0.1) is 16.8 Å². The van der Waals surface area contributed by atoms with Gasteiger partial charge in [0.2, 0.25) is 5.79 Å². The second-order valence-electron chi connectivity index (χ2n) is 5.69. The quantitative estimate of drug-likeness (QED) is 0.434. The van der Waals surface area contributed by atoms with E-state index in [1.165, 1.54) is 25.1 Å². The summed E-state index contributed by atoms with van der Waals surface area (Å²) in [5.41, 5.74) is 0.247. The van der Waals surface area contributed by atoms with Gasteiger partial charge in [-0.2, -0.15) is 0 Å². The second-order valence-corrected chi connectivity index (χ2v) is 5.69. The Morgan fingerprint density at radius 1 is 1.14 bits per heavy atom. The third-order valence-corrected chi connectivity index (χ3v) is 3.78. The fourth-order valence-corrected chi connectivity index (χ4v) is 3.05. The Hall–Kier alpha value is -2.73. The first-order chi connectivity index (χ1) is 10.3. The molecule has 0 amide bonds. The van der Waals surface area contributed by atoms with Crippen LogP contribution in [0.1, 0.15) is 12.5 Å². The summed E-state index contributed by atoms with van der Waals surface area (Å²) in [7, 11) is 0. The van der Waals surface area contributed by atoms with E-state index in [2.05, 4.69) is 0 Å². The molecule has 3 aromatic rings. The van der Waals surface area contributed by atoms with E-state index in [1.54, 1.807) is 6.07 Å². The molecule has 6 nitrogen and oxygen atoms in total. The van der Waals surface area contributed by atoms with Crippen molar-refractivity contribution in [2.45, 2.75) is 19.1 Å². The van der Waals surface area contributed by atoms with Gasteiger partial charge in [-0.15, -0.1) is 0 Å². The Kier molecular flexibility index (Phi) is 2.31. The predicted molar refractivity (Wildman–Crippen MR) is 78.3 cm³/mol. The SMILES string of the molecule is CC1(O)Cc2cc3cc(O)cc(O)c3c3oc(=O)cc(c23)O1. The number of phenols is 2. The maximum atomic E-state index is 11.8. The molecule has 1 aliphatic heterocycles. The zero-order valence-electron chi connectivity index (χ0n) is 11.6. The van der Waals surface area contributed by atoms with Crippen molar-refractivity contribution in [2.24, 2.45) is 0 Å². The van der Waals surface area contributed by atoms with Crippen molar-refractivity contribution in [2.75, 3.05) is 0 Å². The number of ether oxygens (including phenoxy) is 1. The van der Waals surface area contributed by atoms with Crippen LogP contribution in [0.15, 0.2) is 33.5 Å². The topological polar surface area (TPSA) is 100 Å². The van der Waals surface area contributed by atoms with Crippen molar-refractivity contribution in [3.05, 3.63) is 40.2 Å². The van der Waals surface area contributed by atoms with Gasteiger partial charge in [0.1, 0.15) is 17.2 Å². The summed E-state index contributed by atoms with van der Waals surface area (Å²) in [6.07, 6.45) is 0.191. The zero-order chi connectivity index (χ0) is 15.6. The van der Waals surface area contributed by atoms with Crippen LogP contribution in [0.4, 0.5) is 0 Å². The summed E-state index contributed by atoms with van der Waals surface area (Å²) in [6.45, 7) is 1.50. The highest BCUT2D eigenvalue weighted by Gasteiger charge is 2.32. The van der Waals surface area contributed by atoms with Gasteiger partial charge in [-0.1, -0.05) is 0 Å². The van der Waals surface area contributed by atoms with Crippen molar-refractivity contribution in [3.63, 3.8) is 0 Å². The number of rotatable bonds is 0. The minimum absolute atomic E-state index is 0.103. The minimum Gasteiger partial charge on any atom is -0.508 e. The molecule has 1 aliphatic rings. The molecule has 4 rings (SSSR count). The largest absolute Gasteiger partial charge is 0.508 e. The van der Waals surface area contributed by atoms with Crippen LogP contribution in [-0.2, 0) is 6.42 Å². The second kappa shape index (κ2) is 3.92. The summed E-state index contributed by atoms with van der Waals surface area (Å²) in [5, 5.41) is 31.3. The minimum atomic E-state index is -1.44. The van der Waals surface area contributed by atoms with Crippen molar-refractivity contribution in [3.8, 4) is 17.2 Å². The van der Waals surface area contributed by atoms with Gasteiger partial charge < -0.3 is 24.5 Å². The molecule has 3 N–H and O–H groups in total. The Labute approximate surface area is 123 Å². The van der Waals surface area contributed by atoms with Gasteiger partial charge in [0.15, 0.2) is 5.58 Å². The molecule has 1 atom stereocenters. The molecule has 0 spiro atoms. The van der Waals surface area contributed by atoms with Gasteiger partial charge in [0, 0.05) is 19.4 Å². The molecule has 0 saturated heterocycles. The number of aliphatic hydroxyl groups is 1. The fraction of sp³-hybridized carbons (Fsp3) is 0.188. The molecule has 0 aliphatic carbocycles. The summed E-state index contributed by atoms with van der Waals surface area (Å²) in [6, 6.07) is 5.54. The first-order valence-electron chi connectivity index (χ1n) is 6.71. The molecule has 0 bridgehead atoms. The lowest BCUT2D eigenvalue weighted by molar-refractivity contribution is -0.122. The first kappa shape index (κ1) is 13.0. The Bertz CT molecular complexity index is 999. The molecule has 2 aromatic carbocycles. The maximum absolute atomic E-state index is 11.8. The lowest BCUT2D eigenvalue weighted by Gasteiger charge is -2.30. The summed E-state index contributed by atoms with van der Waals surface area (Å²) in [4.78, 5) is 11.8. The summed E-state index contributed by atoms with van der Waals surface area (Å²) < 4.78 is 10.7.